The van der Waals surface area contributed by atoms with E-state index in [2.05, 4.69) is 0 Å². The normalized spacial score (nSPS) is 10.9. The summed E-state index contributed by atoms with van der Waals surface area (Å²) in [6.07, 6.45) is 0. The molecule has 0 unspecified atom stereocenters. The first kappa shape index (κ1) is 16.2. The van der Waals surface area contributed by atoms with Crippen LogP contribution < -0.4 is 51.4 Å². The van der Waals surface area contributed by atoms with Crippen molar-refractivity contribution in [2.75, 3.05) is 19.8 Å². The summed E-state index contributed by atoms with van der Waals surface area (Å²) in [6, 6.07) is 0. The molecule has 0 saturated carbocycles. The number of rotatable bonds is 6. The first-order valence-corrected chi connectivity index (χ1v) is 5.18. The van der Waals surface area contributed by atoms with Crippen LogP contribution in [0, 0.1) is 0 Å². The molecule has 0 aromatic heterocycles. The topological polar surface area (TPSA) is 44.8 Å². The second-order valence-corrected chi connectivity index (χ2v) is 3.37. The molecule has 0 bridgehead atoms. The first-order chi connectivity index (χ1) is 5.18. The Balaban J connectivity index is -0.000000500. The molecular weight excluding hydrogens is 206 g/mol. The second kappa shape index (κ2) is 9.31. The molecule has 0 N–H and O–H groups in total. The predicted molar refractivity (Wildman–Crippen MR) is 43.6 cm³/mol. The molecule has 4 nitrogen and oxygen atoms in total. The Morgan fingerprint density at radius 1 is 1.00 bits per heavy atom. The number of hydrogen-bond acceptors (Lipinski definition) is 4. The summed E-state index contributed by atoms with van der Waals surface area (Å²) in [7, 11) is -3.22. The molecule has 6 heteroatoms. The summed E-state index contributed by atoms with van der Waals surface area (Å²) in [5.74, 6) is 0. The van der Waals surface area contributed by atoms with Crippen LogP contribution in [0.25, 0.3) is 0 Å². The fourth-order valence-corrected chi connectivity index (χ4v) is 1.76. The molecule has 0 fully saturated rings. The van der Waals surface area contributed by atoms with Gasteiger partial charge in [-0.2, -0.15) is 0 Å². The molecule has 12 heavy (non-hydrogen) atoms. The van der Waals surface area contributed by atoms with Gasteiger partial charge in [0.1, 0.15) is 0 Å². The minimum Gasteiger partial charge on any atom is -1.00 e. The Hall–Kier alpha value is 1.75. The molecule has 0 radical (unpaired) electrons. The van der Waals surface area contributed by atoms with E-state index in [0.717, 1.165) is 0 Å². The maximum Gasteiger partial charge on any atom is 1.00 e. The van der Waals surface area contributed by atoms with Gasteiger partial charge in [0.25, 0.3) is 0 Å². The average molecular weight is 222 g/mol. The third-order valence-corrected chi connectivity index (χ3v) is 2.58. The van der Waals surface area contributed by atoms with Crippen LogP contribution in [0.5, 0.6) is 0 Å². The third kappa shape index (κ3) is 7.18. The summed E-state index contributed by atoms with van der Waals surface area (Å²) in [6.45, 7) is 6.21. The van der Waals surface area contributed by atoms with Gasteiger partial charge < -0.3 is 1.43 Å². The summed E-state index contributed by atoms with van der Waals surface area (Å²) in [4.78, 5) is 0. The number of hydrogen-bond donors (Lipinski definition) is 0. The molecule has 0 spiro atoms. The molecule has 0 aliphatic heterocycles. The fraction of sp³-hybridized carbons (Fsp3) is 1.00. The van der Waals surface area contributed by atoms with E-state index < -0.39 is 7.82 Å². The van der Waals surface area contributed by atoms with Crippen LogP contribution in [0.15, 0.2) is 0 Å². The first-order valence-electron chi connectivity index (χ1n) is 3.72. The average Bonchev–Trinajstić information content (AvgIpc) is 1.88. The standard InChI is InChI=1S/C6H15O4P.K.H/c1-4-8-11(7,9-5-2)10-6-3;;/h4-6H2,1-3H3;;/q;+1;-1. The Labute approximate surface area is 118 Å². The number of phosphoric acid groups is 1. The number of phosphoric ester groups is 1. The molecule has 0 aliphatic rings. The van der Waals surface area contributed by atoms with Crippen LogP contribution in [-0.4, -0.2) is 19.8 Å². The van der Waals surface area contributed by atoms with Gasteiger partial charge in [0.15, 0.2) is 0 Å². The molecule has 0 aromatic carbocycles. The van der Waals surface area contributed by atoms with Gasteiger partial charge in [-0.05, 0) is 20.8 Å². The van der Waals surface area contributed by atoms with E-state index in [4.69, 9.17) is 13.6 Å². The van der Waals surface area contributed by atoms with Crippen LogP contribution >= 0.6 is 7.82 Å². The summed E-state index contributed by atoms with van der Waals surface area (Å²) in [5, 5.41) is 0. The van der Waals surface area contributed by atoms with Gasteiger partial charge in [0.2, 0.25) is 0 Å². The van der Waals surface area contributed by atoms with Gasteiger partial charge in [0.05, 0.1) is 19.8 Å². The van der Waals surface area contributed by atoms with Crippen molar-refractivity contribution in [2.45, 2.75) is 20.8 Å². The predicted octanol–water partition coefficient (Wildman–Crippen LogP) is -0.679. The molecule has 0 amide bonds. The maximum atomic E-state index is 11.3. The molecule has 0 saturated heterocycles. The van der Waals surface area contributed by atoms with Gasteiger partial charge in [-0.3, -0.25) is 13.6 Å². The zero-order valence-electron chi connectivity index (χ0n) is 9.20. The zero-order valence-corrected chi connectivity index (χ0v) is 12.2. The van der Waals surface area contributed by atoms with E-state index in [1.54, 1.807) is 20.8 Å². The third-order valence-electron chi connectivity index (χ3n) is 0.862. The van der Waals surface area contributed by atoms with Gasteiger partial charge in [-0.15, -0.1) is 0 Å². The monoisotopic (exact) mass is 222 g/mol. The van der Waals surface area contributed by atoms with E-state index >= 15 is 0 Å². The van der Waals surface area contributed by atoms with E-state index in [9.17, 15) is 4.57 Å². The minimum absolute atomic E-state index is 0. The largest absolute Gasteiger partial charge is 1.00 e. The zero-order chi connectivity index (χ0) is 8.74. The summed E-state index contributed by atoms with van der Waals surface area (Å²) in [5.41, 5.74) is 0. The van der Waals surface area contributed by atoms with Crippen LogP contribution in [0.2, 0.25) is 0 Å². The molecule has 70 valence electrons. The smallest absolute Gasteiger partial charge is 1.00 e. The fourth-order valence-electron chi connectivity index (χ4n) is 0.586. The quantitative estimate of drug-likeness (QED) is 0.441. The Kier molecular flexibility index (Phi) is 12.6. The van der Waals surface area contributed by atoms with Crippen LogP contribution in [-0.2, 0) is 18.1 Å². The SMILES string of the molecule is CCOP(=O)(OCC)OCC.[H-].[K+]. The molecule has 0 heterocycles. The van der Waals surface area contributed by atoms with Gasteiger partial charge >= 0.3 is 59.2 Å². The van der Waals surface area contributed by atoms with E-state index in [0.29, 0.717) is 19.8 Å². The molecule has 0 aromatic rings. The van der Waals surface area contributed by atoms with E-state index in [1.807, 2.05) is 0 Å². The summed E-state index contributed by atoms with van der Waals surface area (Å²) >= 11 is 0. The Morgan fingerprint density at radius 3 is 1.42 bits per heavy atom. The van der Waals surface area contributed by atoms with Gasteiger partial charge in [-0.25, -0.2) is 4.57 Å². The summed E-state index contributed by atoms with van der Waals surface area (Å²) < 4.78 is 25.8. The van der Waals surface area contributed by atoms with Crippen molar-refractivity contribution in [2.24, 2.45) is 0 Å². The molecule has 0 aliphatic carbocycles. The van der Waals surface area contributed by atoms with Gasteiger partial charge in [-0.1, -0.05) is 0 Å². The van der Waals surface area contributed by atoms with Crippen LogP contribution in [0.1, 0.15) is 22.2 Å². The van der Waals surface area contributed by atoms with Crippen molar-refractivity contribution in [1.29, 1.82) is 0 Å². The van der Waals surface area contributed by atoms with E-state index in [-0.39, 0.29) is 52.8 Å². The molecule has 0 atom stereocenters. The van der Waals surface area contributed by atoms with Crippen molar-refractivity contribution < 1.29 is 70.9 Å². The minimum atomic E-state index is -3.22. The van der Waals surface area contributed by atoms with Crippen molar-refractivity contribution in [1.82, 2.24) is 0 Å². The van der Waals surface area contributed by atoms with Crippen molar-refractivity contribution >= 4 is 7.82 Å². The van der Waals surface area contributed by atoms with Crippen LogP contribution in [0.3, 0.4) is 0 Å². The van der Waals surface area contributed by atoms with Gasteiger partial charge in [0, 0.05) is 0 Å². The second-order valence-electron chi connectivity index (χ2n) is 1.70. The molecular formula is C6H16KO4P. The van der Waals surface area contributed by atoms with E-state index in [1.165, 1.54) is 0 Å². The molecule has 0 rings (SSSR count). The maximum absolute atomic E-state index is 11.3. The van der Waals surface area contributed by atoms with Crippen molar-refractivity contribution in [3.63, 3.8) is 0 Å². The Morgan fingerprint density at radius 2 is 1.25 bits per heavy atom. The van der Waals surface area contributed by atoms with Crippen LogP contribution in [0.4, 0.5) is 0 Å². The van der Waals surface area contributed by atoms with Crippen molar-refractivity contribution in [3.8, 4) is 0 Å². The van der Waals surface area contributed by atoms with Crippen molar-refractivity contribution in [3.05, 3.63) is 0 Å². The Bertz CT molecular complexity index is 123.